The Bertz CT molecular complexity index is 412. The molecule has 2 unspecified atom stereocenters. The molecule has 0 spiro atoms. The molecule has 3 rings (SSSR count). The number of hydrogen-bond acceptors (Lipinski definition) is 3. The van der Waals surface area contributed by atoms with Crippen molar-refractivity contribution in [2.45, 2.75) is 64.0 Å². The Balaban J connectivity index is 1.47. The van der Waals surface area contributed by atoms with Crippen LogP contribution >= 0.6 is 0 Å². The van der Waals surface area contributed by atoms with E-state index in [-0.39, 0.29) is 17.7 Å². The van der Waals surface area contributed by atoms with Crippen LogP contribution < -0.4 is 10.6 Å². The molecule has 124 valence electrons. The minimum absolute atomic E-state index is 0.0636. The van der Waals surface area contributed by atoms with Gasteiger partial charge in [0.1, 0.15) is 0 Å². The van der Waals surface area contributed by atoms with Crippen molar-refractivity contribution in [1.29, 1.82) is 0 Å². The van der Waals surface area contributed by atoms with Crippen molar-refractivity contribution >= 4 is 11.8 Å². The number of likely N-dealkylation sites (tertiary alicyclic amines) is 1. The highest BCUT2D eigenvalue weighted by atomic mass is 16.2. The van der Waals surface area contributed by atoms with Crippen molar-refractivity contribution in [3.63, 3.8) is 0 Å². The Morgan fingerprint density at radius 3 is 2.73 bits per heavy atom. The summed E-state index contributed by atoms with van der Waals surface area (Å²) in [5.74, 6) is 0.882. The fraction of sp³-hybridized carbons (Fsp3) is 0.882. The molecule has 5 heteroatoms. The van der Waals surface area contributed by atoms with Gasteiger partial charge in [0.25, 0.3) is 0 Å². The summed E-state index contributed by atoms with van der Waals surface area (Å²) in [5, 5.41) is 6.42. The van der Waals surface area contributed by atoms with E-state index in [1.165, 1.54) is 19.3 Å². The Morgan fingerprint density at radius 2 is 2.05 bits per heavy atom. The molecule has 2 N–H and O–H groups in total. The molecule has 2 aliphatic heterocycles. The van der Waals surface area contributed by atoms with Crippen molar-refractivity contribution < 1.29 is 9.59 Å². The van der Waals surface area contributed by atoms with E-state index in [1.54, 1.807) is 0 Å². The molecule has 0 aromatic heterocycles. The average molecular weight is 307 g/mol. The highest BCUT2D eigenvalue weighted by Crippen LogP contribution is 2.31. The van der Waals surface area contributed by atoms with Crippen LogP contribution in [0.1, 0.15) is 51.9 Å². The number of amides is 2. The predicted molar refractivity (Wildman–Crippen MR) is 85.3 cm³/mol. The van der Waals surface area contributed by atoms with Gasteiger partial charge in [-0.05, 0) is 51.0 Å². The highest BCUT2D eigenvalue weighted by Gasteiger charge is 2.38. The Labute approximate surface area is 133 Å². The van der Waals surface area contributed by atoms with Crippen LogP contribution in [0.5, 0.6) is 0 Å². The maximum absolute atomic E-state index is 12.3. The van der Waals surface area contributed by atoms with Gasteiger partial charge in [0, 0.05) is 31.6 Å². The van der Waals surface area contributed by atoms with Gasteiger partial charge in [0.05, 0.1) is 5.92 Å². The summed E-state index contributed by atoms with van der Waals surface area (Å²) in [4.78, 5) is 26.6. The smallest absolute Gasteiger partial charge is 0.225 e. The lowest BCUT2D eigenvalue weighted by molar-refractivity contribution is -0.130. The van der Waals surface area contributed by atoms with E-state index in [2.05, 4.69) is 17.6 Å². The third-order valence-corrected chi connectivity index (χ3v) is 5.64. The summed E-state index contributed by atoms with van der Waals surface area (Å²) in [6.07, 6.45) is 7.35. The van der Waals surface area contributed by atoms with Crippen LogP contribution in [0.25, 0.3) is 0 Å². The lowest BCUT2D eigenvalue weighted by Gasteiger charge is -2.33. The minimum Gasteiger partial charge on any atom is -0.354 e. The van der Waals surface area contributed by atoms with Crippen LogP contribution in [0.3, 0.4) is 0 Å². The summed E-state index contributed by atoms with van der Waals surface area (Å²) in [5.41, 5.74) is 0. The van der Waals surface area contributed by atoms with Crippen LogP contribution in [0.2, 0.25) is 0 Å². The summed E-state index contributed by atoms with van der Waals surface area (Å²) < 4.78 is 0. The molecule has 0 bridgehead atoms. The van der Waals surface area contributed by atoms with Crippen LogP contribution in [0, 0.1) is 11.8 Å². The molecular formula is C17H29N3O2. The number of carbonyl (C=O) groups excluding carboxylic acids is 2. The Kier molecular flexibility index (Phi) is 5.01. The van der Waals surface area contributed by atoms with Crippen molar-refractivity contribution in [2.24, 2.45) is 11.8 Å². The standard InChI is InChI=1S/C17H29N3O2/c1-12-4-6-15(7-5-12)20-11-13(9-16(20)21)17(22)19-10-14-3-2-8-18-14/h12-15,18H,2-11H2,1H3,(H,19,22). The molecule has 3 aliphatic rings. The molecular weight excluding hydrogens is 278 g/mol. The molecule has 2 heterocycles. The number of nitrogens with zero attached hydrogens (tertiary/aromatic N) is 1. The van der Waals surface area contributed by atoms with Gasteiger partial charge in [-0.15, -0.1) is 0 Å². The van der Waals surface area contributed by atoms with Gasteiger partial charge in [0.2, 0.25) is 11.8 Å². The number of nitrogens with one attached hydrogen (secondary N) is 2. The van der Waals surface area contributed by atoms with Crippen LogP contribution in [0.4, 0.5) is 0 Å². The predicted octanol–water partition coefficient (Wildman–Crippen LogP) is 1.28. The summed E-state index contributed by atoms with van der Waals surface area (Å²) in [6.45, 7) is 4.66. The zero-order valence-corrected chi connectivity index (χ0v) is 13.6. The van der Waals surface area contributed by atoms with Crippen LogP contribution in [0.15, 0.2) is 0 Å². The van der Waals surface area contributed by atoms with E-state index in [4.69, 9.17) is 0 Å². The van der Waals surface area contributed by atoms with E-state index in [1.807, 2.05) is 4.90 Å². The molecule has 22 heavy (non-hydrogen) atoms. The van der Waals surface area contributed by atoms with Gasteiger partial charge >= 0.3 is 0 Å². The third kappa shape index (κ3) is 3.62. The van der Waals surface area contributed by atoms with Crippen molar-refractivity contribution in [1.82, 2.24) is 15.5 Å². The fourth-order valence-corrected chi connectivity index (χ4v) is 4.11. The topological polar surface area (TPSA) is 61.4 Å². The monoisotopic (exact) mass is 307 g/mol. The highest BCUT2D eigenvalue weighted by molar-refractivity contribution is 5.89. The lowest BCUT2D eigenvalue weighted by atomic mass is 9.87. The van der Waals surface area contributed by atoms with Crippen molar-refractivity contribution in [2.75, 3.05) is 19.6 Å². The van der Waals surface area contributed by atoms with Gasteiger partial charge in [-0.1, -0.05) is 6.92 Å². The zero-order valence-electron chi connectivity index (χ0n) is 13.6. The Hall–Kier alpha value is -1.10. The van der Waals surface area contributed by atoms with Gasteiger partial charge in [-0.2, -0.15) is 0 Å². The first-order chi connectivity index (χ1) is 10.6. The number of rotatable bonds is 4. The molecule has 3 fully saturated rings. The normalized spacial score (nSPS) is 35.9. The van der Waals surface area contributed by atoms with Crippen LogP contribution in [-0.2, 0) is 9.59 Å². The second-order valence-corrected chi connectivity index (χ2v) is 7.40. The maximum Gasteiger partial charge on any atom is 0.225 e. The average Bonchev–Trinajstić information content (AvgIpc) is 3.15. The third-order valence-electron chi connectivity index (χ3n) is 5.64. The van der Waals surface area contributed by atoms with Gasteiger partial charge in [-0.3, -0.25) is 9.59 Å². The molecule has 2 atom stereocenters. The SMILES string of the molecule is CC1CCC(N2CC(C(=O)NCC3CCCN3)CC2=O)CC1. The molecule has 0 aromatic carbocycles. The summed E-state index contributed by atoms with van der Waals surface area (Å²) >= 11 is 0. The van der Waals surface area contributed by atoms with E-state index in [0.29, 0.717) is 31.6 Å². The summed E-state index contributed by atoms with van der Waals surface area (Å²) in [6, 6.07) is 0.787. The van der Waals surface area contributed by atoms with Gasteiger partial charge < -0.3 is 15.5 Å². The fourth-order valence-electron chi connectivity index (χ4n) is 4.11. The number of hydrogen-bond donors (Lipinski definition) is 2. The van der Waals surface area contributed by atoms with E-state index < -0.39 is 0 Å². The Morgan fingerprint density at radius 1 is 1.27 bits per heavy atom. The maximum atomic E-state index is 12.3. The van der Waals surface area contributed by atoms with Crippen molar-refractivity contribution in [3.8, 4) is 0 Å². The molecule has 2 saturated heterocycles. The molecule has 0 aromatic rings. The summed E-state index contributed by atoms with van der Waals surface area (Å²) in [7, 11) is 0. The first-order valence-corrected chi connectivity index (χ1v) is 8.94. The molecule has 1 aliphatic carbocycles. The van der Waals surface area contributed by atoms with E-state index in [0.717, 1.165) is 31.7 Å². The number of carbonyl (C=O) groups is 2. The molecule has 5 nitrogen and oxygen atoms in total. The molecule has 1 saturated carbocycles. The minimum atomic E-state index is -0.145. The van der Waals surface area contributed by atoms with Crippen LogP contribution in [-0.4, -0.2) is 48.4 Å². The van der Waals surface area contributed by atoms with Gasteiger partial charge in [0.15, 0.2) is 0 Å². The first-order valence-electron chi connectivity index (χ1n) is 8.94. The lowest BCUT2D eigenvalue weighted by Crippen LogP contribution is -2.42. The van der Waals surface area contributed by atoms with E-state index >= 15 is 0 Å². The molecule has 2 amide bonds. The zero-order chi connectivity index (χ0) is 15.5. The van der Waals surface area contributed by atoms with Crippen molar-refractivity contribution in [3.05, 3.63) is 0 Å². The molecule has 0 radical (unpaired) electrons. The quantitative estimate of drug-likeness (QED) is 0.822. The first kappa shape index (κ1) is 15.8. The van der Waals surface area contributed by atoms with E-state index in [9.17, 15) is 9.59 Å². The van der Waals surface area contributed by atoms with Gasteiger partial charge in [-0.25, -0.2) is 0 Å². The second-order valence-electron chi connectivity index (χ2n) is 7.40. The largest absolute Gasteiger partial charge is 0.354 e. The second kappa shape index (κ2) is 6.99.